The molecule has 0 N–H and O–H groups in total. The number of hydrogen-bond donors (Lipinski definition) is 0. The number of fused-ring (bicyclic) bond motifs is 2. The van der Waals surface area contributed by atoms with E-state index in [9.17, 15) is 13.2 Å². The number of halogens is 3. The maximum absolute atomic E-state index is 12.9. The summed E-state index contributed by atoms with van der Waals surface area (Å²) in [5, 5.41) is 3.92. The first-order valence-corrected chi connectivity index (χ1v) is 9.42. The molecule has 3 aromatic carbocycles. The smallest absolute Gasteiger partial charge is 0.254 e. The van der Waals surface area contributed by atoms with Crippen LogP contribution in [0.5, 0.6) is 0 Å². The van der Waals surface area contributed by atoms with Crippen molar-refractivity contribution < 1.29 is 13.2 Å². The summed E-state index contributed by atoms with van der Waals surface area (Å²) < 4.78 is 38.8. The maximum Gasteiger partial charge on any atom is 0.416 e. The van der Waals surface area contributed by atoms with E-state index < -0.39 is 11.7 Å². The van der Waals surface area contributed by atoms with Gasteiger partial charge in [0.05, 0.1) is 22.6 Å². The molecule has 0 saturated carbocycles. The molecule has 0 unspecified atom stereocenters. The minimum absolute atomic E-state index is 0.604. The molecule has 0 atom stereocenters. The number of aromatic nitrogens is 2. The van der Waals surface area contributed by atoms with Crippen LogP contribution in [0.25, 0.3) is 44.2 Å². The minimum Gasteiger partial charge on any atom is -0.254 e. The fourth-order valence-electron chi connectivity index (χ4n) is 3.67. The standard InChI is InChI=1S/C25H15F3N2/c26-25(27,28)19-11-9-17(10-12-19)22-15-18-6-2-4-8-21(18)24(30-22)23-20-7-3-1-5-16(20)13-14-29-23/h1-15H. The zero-order chi connectivity index (χ0) is 20.7. The predicted molar refractivity (Wildman–Crippen MR) is 113 cm³/mol. The van der Waals surface area contributed by atoms with E-state index in [1.165, 1.54) is 12.1 Å². The Morgan fingerprint density at radius 1 is 0.633 bits per heavy atom. The monoisotopic (exact) mass is 400 g/mol. The average Bonchev–Trinajstić information content (AvgIpc) is 2.77. The molecule has 2 aromatic heterocycles. The number of benzene rings is 3. The highest BCUT2D eigenvalue weighted by atomic mass is 19.4. The molecule has 0 spiro atoms. The fourth-order valence-corrected chi connectivity index (χ4v) is 3.67. The molecule has 5 heteroatoms. The first-order valence-electron chi connectivity index (χ1n) is 9.42. The van der Waals surface area contributed by atoms with Gasteiger partial charge < -0.3 is 0 Å². The summed E-state index contributed by atoms with van der Waals surface area (Å²) in [6, 6.07) is 24.7. The molecule has 0 amide bonds. The zero-order valence-electron chi connectivity index (χ0n) is 15.7. The largest absolute Gasteiger partial charge is 0.416 e. The van der Waals surface area contributed by atoms with E-state index in [0.29, 0.717) is 17.0 Å². The van der Waals surface area contributed by atoms with E-state index >= 15 is 0 Å². The molecule has 146 valence electrons. The van der Waals surface area contributed by atoms with E-state index in [-0.39, 0.29) is 0 Å². The molecule has 2 heterocycles. The topological polar surface area (TPSA) is 25.8 Å². The predicted octanol–water partition coefficient (Wildman–Crippen LogP) is 7.14. The Morgan fingerprint density at radius 3 is 1.97 bits per heavy atom. The Kier molecular flexibility index (Phi) is 4.24. The number of pyridine rings is 2. The van der Waals surface area contributed by atoms with Gasteiger partial charge >= 0.3 is 6.18 Å². The highest BCUT2D eigenvalue weighted by Crippen LogP contribution is 2.35. The van der Waals surface area contributed by atoms with Crippen molar-refractivity contribution in [2.45, 2.75) is 6.18 Å². The summed E-state index contributed by atoms with van der Waals surface area (Å²) in [5.74, 6) is 0. The first kappa shape index (κ1) is 18.3. The summed E-state index contributed by atoms with van der Waals surface area (Å²) in [7, 11) is 0. The lowest BCUT2D eigenvalue weighted by atomic mass is 10.00. The van der Waals surface area contributed by atoms with Gasteiger partial charge in [0.1, 0.15) is 0 Å². The zero-order valence-corrected chi connectivity index (χ0v) is 15.7. The van der Waals surface area contributed by atoms with Gasteiger partial charge in [0, 0.05) is 22.5 Å². The van der Waals surface area contributed by atoms with E-state index in [4.69, 9.17) is 4.98 Å². The van der Waals surface area contributed by atoms with Gasteiger partial charge in [-0.1, -0.05) is 60.7 Å². The number of nitrogens with zero attached hydrogens (tertiary/aromatic N) is 2. The van der Waals surface area contributed by atoms with Crippen LogP contribution in [0.4, 0.5) is 13.2 Å². The fraction of sp³-hybridized carbons (Fsp3) is 0.0400. The molecule has 0 aliphatic carbocycles. The molecule has 2 nitrogen and oxygen atoms in total. The highest BCUT2D eigenvalue weighted by molar-refractivity contribution is 6.03. The molecule has 0 fully saturated rings. The molecule has 0 aliphatic rings. The second-order valence-corrected chi connectivity index (χ2v) is 7.03. The lowest BCUT2D eigenvalue weighted by Gasteiger charge is -2.12. The van der Waals surface area contributed by atoms with Gasteiger partial charge in [-0.3, -0.25) is 4.98 Å². The third-order valence-electron chi connectivity index (χ3n) is 5.15. The van der Waals surface area contributed by atoms with E-state index in [1.54, 1.807) is 6.20 Å². The second-order valence-electron chi connectivity index (χ2n) is 7.03. The van der Waals surface area contributed by atoms with Gasteiger partial charge in [0.2, 0.25) is 0 Å². The summed E-state index contributed by atoms with van der Waals surface area (Å²) in [6.07, 6.45) is -2.62. The third-order valence-corrected chi connectivity index (χ3v) is 5.15. The van der Waals surface area contributed by atoms with E-state index in [1.807, 2.05) is 60.7 Å². The van der Waals surface area contributed by atoms with E-state index in [2.05, 4.69) is 4.98 Å². The quantitative estimate of drug-likeness (QED) is 0.315. The highest BCUT2D eigenvalue weighted by Gasteiger charge is 2.30. The Labute approximate surface area is 170 Å². The molecule has 5 aromatic rings. The number of rotatable bonds is 2. The van der Waals surface area contributed by atoms with Gasteiger partial charge in [-0.2, -0.15) is 13.2 Å². The SMILES string of the molecule is FC(F)(F)c1ccc(-c2cc3ccccc3c(-c3nccc4ccccc34)n2)cc1. The lowest BCUT2D eigenvalue weighted by molar-refractivity contribution is -0.137. The summed E-state index contributed by atoms with van der Waals surface area (Å²) in [6.45, 7) is 0. The molecule has 0 aliphatic heterocycles. The molecular weight excluding hydrogens is 385 g/mol. The van der Waals surface area contributed by atoms with Crippen molar-refractivity contribution in [2.24, 2.45) is 0 Å². The van der Waals surface area contributed by atoms with Crippen LogP contribution in [-0.4, -0.2) is 9.97 Å². The lowest BCUT2D eigenvalue weighted by Crippen LogP contribution is -2.04. The van der Waals surface area contributed by atoms with Crippen molar-refractivity contribution >= 4 is 21.5 Å². The molecule has 5 rings (SSSR count). The number of hydrogen-bond acceptors (Lipinski definition) is 2. The average molecular weight is 400 g/mol. The van der Waals surface area contributed by atoms with Crippen molar-refractivity contribution in [3.8, 4) is 22.6 Å². The van der Waals surface area contributed by atoms with E-state index in [0.717, 1.165) is 39.4 Å². The molecule has 30 heavy (non-hydrogen) atoms. The first-order chi connectivity index (χ1) is 14.5. The van der Waals surface area contributed by atoms with Crippen molar-refractivity contribution in [1.29, 1.82) is 0 Å². The Hall–Kier alpha value is -3.73. The van der Waals surface area contributed by atoms with Gasteiger partial charge in [0.15, 0.2) is 0 Å². The Morgan fingerprint density at radius 2 is 1.27 bits per heavy atom. The van der Waals surface area contributed by atoms with Crippen molar-refractivity contribution in [2.75, 3.05) is 0 Å². The summed E-state index contributed by atoms with van der Waals surface area (Å²) in [5.41, 5.74) is 2.00. The van der Waals surface area contributed by atoms with Crippen LogP contribution in [0.15, 0.2) is 91.1 Å². The number of alkyl halides is 3. The summed E-state index contributed by atoms with van der Waals surface area (Å²) in [4.78, 5) is 9.44. The van der Waals surface area contributed by atoms with Crippen LogP contribution < -0.4 is 0 Å². The molecule has 0 radical (unpaired) electrons. The van der Waals surface area contributed by atoms with Crippen LogP contribution in [0, 0.1) is 0 Å². The van der Waals surface area contributed by atoms with Crippen LogP contribution >= 0.6 is 0 Å². The normalized spacial score (nSPS) is 11.8. The van der Waals surface area contributed by atoms with Crippen molar-refractivity contribution in [1.82, 2.24) is 9.97 Å². The summed E-state index contributed by atoms with van der Waals surface area (Å²) >= 11 is 0. The maximum atomic E-state index is 12.9. The van der Waals surface area contributed by atoms with Gasteiger partial charge in [0.25, 0.3) is 0 Å². The second kappa shape index (κ2) is 6.95. The molecule has 0 saturated heterocycles. The van der Waals surface area contributed by atoms with Gasteiger partial charge in [-0.05, 0) is 35.0 Å². The van der Waals surface area contributed by atoms with Crippen molar-refractivity contribution in [3.05, 3.63) is 96.7 Å². The van der Waals surface area contributed by atoms with Crippen LogP contribution in [0.2, 0.25) is 0 Å². The van der Waals surface area contributed by atoms with Crippen LogP contribution in [0.3, 0.4) is 0 Å². The van der Waals surface area contributed by atoms with Gasteiger partial charge in [-0.25, -0.2) is 4.98 Å². The Bertz CT molecular complexity index is 1370. The molecular formula is C25H15F3N2. The molecule has 0 bridgehead atoms. The van der Waals surface area contributed by atoms with Crippen LogP contribution in [0.1, 0.15) is 5.56 Å². The van der Waals surface area contributed by atoms with Crippen LogP contribution in [-0.2, 0) is 6.18 Å². The third kappa shape index (κ3) is 3.18. The van der Waals surface area contributed by atoms with Gasteiger partial charge in [-0.15, -0.1) is 0 Å². The minimum atomic E-state index is -4.37. The van der Waals surface area contributed by atoms with Crippen molar-refractivity contribution in [3.63, 3.8) is 0 Å². The Balaban J connectivity index is 1.75.